The number of fused-ring (bicyclic) bond motifs is 1. The van der Waals surface area contributed by atoms with Crippen molar-refractivity contribution in [2.45, 2.75) is 18.9 Å². The number of hydrogen-bond donors (Lipinski definition) is 2. The summed E-state index contributed by atoms with van der Waals surface area (Å²) in [6.45, 7) is 0. The molecule has 1 heterocycles. The van der Waals surface area contributed by atoms with Gasteiger partial charge in [0.1, 0.15) is 5.75 Å². The summed E-state index contributed by atoms with van der Waals surface area (Å²) in [6.07, 6.45) is -0.666. The van der Waals surface area contributed by atoms with Crippen LogP contribution in [0.15, 0.2) is 22.7 Å². The first-order valence-electron chi connectivity index (χ1n) is 5.05. The van der Waals surface area contributed by atoms with E-state index in [1.807, 2.05) is 0 Å². The third-order valence-electron chi connectivity index (χ3n) is 2.38. The van der Waals surface area contributed by atoms with Crippen molar-refractivity contribution in [2.75, 3.05) is 5.32 Å². The van der Waals surface area contributed by atoms with Gasteiger partial charge in [0.05, 0.1) is 5.69 Å². The average Bonchev–Trinajstić information content (AvgIpc) is 2.26. The maximum Gasteiger partial charge on any atom is 0.303 e. The van der Waals surface area contributed by atoms with Crippen molar-refractivity contribution >= 4 is 33.5 Å². The minimum atomic E-state index is -0.942. The summed E-state index contributed by atoms with van der Waals surface area (Å²) in [5, 5.41) is 11.3. The first-order valence-corrected chi connectivity index (χ1v) is 5.84. The highest BCUT2D eigenvalue weighted by Crippen LogP contribution is 2.32. The van der Waals surface area contributed by atoms with Gasteiger partial charge >= 0.3 is 5.97 Å². The van der Waals surface area contributed by atoms with Crippen LogP contribution in [0.1, 0.15) is 12.8 Å². The van der Waals surface area contributed by atoms with Crippen LogP contribution in [0.25, 0.3) is 0 Å². The van der Waals surface area contributed by atoms with E-state index in [-0.39, 0.29) is 18.7 Å². The molecule has 0 aliphatic carbocycles. The van der Waals surface area contributed by atoms with E-state index in [0.29, 0.717) is 11.4 Å². The number of carbonyl (C=O) groups excluding carboxylic acids is 1. The summed E-state index contributed by atoms with van der Waals surface area (Å²) in [4.78, 5) is 22.1. The van der Waals surface area contributed by atoms with Gasteiger partial charge in [-0.2, -0.15) is 0 Å². The summed E-state index contributed by atoms with van der Waals surface area (Å²) in [7, 11) is 0. The van der Waals surface area contributed by atoms with Gasteiger partial charge in [-0.15, -0.1) is 0 Å². The topological polar surface area (TPSA) is 75.6 Å². The van der Waals surface area contributed by atoms with Crippen LogP contribution in [0.2, 0.25) is 0 Å². The Morgan fingerprint density at radius 3 is 3.00 bits per heavy atom. The van der Waals surface area contributed by atoms with Crippen molar-refractivity contribution < 1.29 is 19.4 Å². The summed E-state index contributed by atoms with van der Waals surface area (Å²) in [5.74, 6) is -0.692. The van der Waals surface area contributed by atoms with Crippen molar-refractivity contribution in [1.82, 2.24) is 0 Å². The van der Waals surface area contributed by atoms with Crippen molar-refractivity contribution in [3.63, 3.8) is 0 Å². The second kappa shape index (κ2) is 4.75. The SMILES string of the molecule is O=C(O)CCC1Oc2ccc(Br)cc2NC1=O. The minimum absolute atomic E-state index is 0.0933. The first kappa shape index (κ1) is 11.9. The third-order valence-corrected chi connectivity index (χ3v) is 2.87. The van der Waals surface area contributed by atoms with Gasteiger partial charge in [-0.3, -0.25) is 9.59 Å². The molecule has 2 N–H and O–H groups in total. The molecule has 90 valence electrons. The Labute approximate surface area is 106 Å². The van der Waals surface area contributed by atoms with Gasteiger partial charge in [0, 0.05) is 17.3 Å². The molecule has 1 aromatic rings. The number of ether oxygens (including phenoxy) is 1. The fourth-order valence-electron chi connectivity index (χ4n) is 1.57. The van der Waals surface area contributed by atoms with Crippen molar-refractivity contribution in [2.24, 2.45) is 0 Å². The molecule has 1 aliphatic heterocycles. The van der Waals surface area contributed by atoms with Crippen molar-refractivity contribution in [3.05, 3.63) is 22.7 Å². The minimum Gasteiger partial charge on any atom is -0.481 e. The van der Waals surface area contributed by atoms with E-state index in [4.69, 9.17) is 9.84 Å². The molecule has 6 heteroatoms. The summed E-state index contributed by atoms with van der Waals surface area (Å²) < 4.78 is 6.29. The van der Waals surface area contributed by atoms with Crippen LogP contribution in [0, 0.1) is 0 Å². The molecule has 17 heavy (non-hydrogen) atoms. The van der Waals surface area contributed by atoms with E-state index in [1.54, 1.807) is 18.2 Å². The van der Waals surface area contributed by atoms with Crippen molar-refractivity contribution in [3.8, 4) is 5.75 Å². The highest BCUT2D eigenvalue weighted by molar-refractivity contribution is 9.10. The average molecular weight is 300 g/mol. The van der Waals surface area contributed by atoms with E-state index >= 15 is 0 Å². The number of carboxylic acid groups (broad SMARTS) is 1. The fraction of sp³-hybridized carbons (Fsp3) is 0.273. The van der Waals surface area contributed by atoms with Crippen LogP contribution in [-0.4, -0.2) is 23.1 Å². The smallest absolute Gasteiger partial charge is 0.303 e. The van der Waals surface area contributed by atoms with Gasteiger partial charge < -0.3 is 15.2 Å². The second-order valence-electron chi connectivity index (χ2n) is 3.67. The number of rotatable bonds is 3. The highest BCUT2D eigenvalue weighted by atomic mass is 79.9. The van der Waals surface area contributed by atoms with Crippen LogP contribution < -0.4 is 10.1 Å². The zero-order chi connectivity index (χ0) is 12.4. The summed E-state index contributed by atoms with van der Waals surface area (Å²) in [5.41, 5.74) is 0.593. The number of halogens is 1. The number of nitrogens with one attached hydrogen (secondary N) is 1. The van der Waals surface area contributed by atoms with Gasteiger partial charge in [-0.1, -0.05) is 15.9 Å². The van der Waals surface area contributed by atoms with E-state index < -0.39 is 12.1 Å². The number of benzene rings is 1. The molecule has 0 aromatic heterocycles. The number of amides is 1. The Kier molecular flexibility index (Phi) is 3.33. The molecule has 1 amide bonds. The Bertz CT molecular complexity index is 475. The zero-order valence-electron chi connectivity index (χ0n) is 8.77. The Morgan fingerprint density at radius 1 is 1.53 bits per heavy atom. The fourth-order valence-corrected chi connectivity index (χ4v) is 1.93. The van der Waals surface area contributed by atoms with Gasteiger partial charge in [0.15, 0.2) is 6.10 Å². The molecule has 0 bridgehead atoms. The van der Waals surface area contributed by atoms with E-state index in [1.165, 1.54) is 0 Å². The predicted octanol–water partition coefficient (Wildman–Crippen LogP) is 2.01. The molecule has 0 spiro atoms. The van der Waals surface area contributed by atoms with Crippen LogP contribution in [0.5, 0.6) is 5.75 Å². The number of anilines is 1. The van der Waals surface area contributed by atoms with E-state index in [9.17, 15) is 9.59 Å². The first-order chi connectivity index (χ1) is 8.06. The van der Waals surface area contributed by atoms with E-state index in [0.717, 1.165) is 4.47 Å². The molecule has 0 saturated heterocycles. The normalized spacial score (nSPS) is 17.9. The monoisotopic (exact) mass is 299 g/mol. The lowest BCUT2D eigenvalue weighted by Crippen LogP contribution is -2.37. The molecule has 1 atom stereocenters. The lowest BCUT2D eigenvalue weighted by Gasteiger charge is -2.25. The molecule has 1 aliphatic rings. The number of aliphatic carboxylic acids is 1. The molecule has 5 nitrogen and oxygen atoms in total. The standard InChI is InChI=1S/C11H10BrNO4/c12-6-1-2-8-7(5-6)13-11(16)9(17-8)3-4-10(14)15/h1-2,5,9H,3-4H2,(H,13,16)(H,14,15). The Hall–Kier alpha value is -1.56. The highest BCUT2D eigenvalue weighted by Gasteiger charge is 2.27. The van der Waals surface area contributed by atoms with E-state index in [2.05, 4.69) is 21.2 Å². The largest absolute Gasteiger partial charge is 0.481 e. The van der Waals surface area contributed by atoms with Gasteiger partial charge in [0.2, 0.25) is 0 Å². The molecule has 0 radical (unpaired) electrons. The van der Waals surface area contributed by atoms with Gasteiger partial charge in [-0.05, 0) is 18.2 Å². The molecular formula is C11H10BrNO4. The number of hydrogen-bond acceptors (Lipinski definition) is 3. The van der Waals surface area contributed by atoms with Crippen LogP contribution in [0.4, 0.5) is 5.69 Å². The molecule has 0 fully saturated rings. The molecular weight excluding hydrogens is 290 g/mol. The summed E-state index contributed by atoms with van der Waals surface area (Å²) in [6, 6.07) is 5.26. The molecule has 2 rings (SSSR count). The third kappa shape index (κ3) is 2.76. The predicted molar refractivity (Wildman–Crippen MR) is 64.1 cm³/mol. The van der Waals surface area contributed by atoms with Crippen molar-refractivity contribution in [1.29, 1.82) is 0 Å². The van der Waals surface area contributed by atoms with Crippen LogP contribution >= 0.6 is 15.9 Å². The maximum atomic E-state index is 11.6. The van der Waals surface area contributed by atoms with Crippen LogP contribution in [-0.2, 0) is 9.59 Å². The molecule has 0 saturated carbocycles. The van der Waals surface area contributed by atoms with Crippen LogP contribution in [0.3, 0.4) is 0 Å². The number of carboxylic acids is 1. The maximum absolute atomic E-state index is 11.6. The molecule has 1 aromatic carbocycles. The Morgan fingerprint density at radius 2 is 2.29 bits per heavy atom. The molecule has 1 unspecified atom stereocenters. The lowest BCUT2D eigenvalue weighted by molar-refractivity contribution is -0.137. The number of carbonyl (C=O) groups is 2. The van der Waals surface area contributed by atoms with Gasteiger partial charge in [0.25, 0.3) is 5.91 Å². The second-order valence-corrected chi connectivity index (χ2v) is 4.58. The van der Waals surface area contributed by atoms with Gasteiger partial charge in [-0.25, -0.2) is 0 Å². The quantitative estimate of drug-likeness (QED) is 0.895. The Balaban J connectivity index is 2.13. The lowest BCUT2D eigenvalue weighted by atomic mass is 10.1. The zero-order valence-corrected chi connectivity index (χ0v) is 10.4. The summed E-state index contributed by atoms with van der Waals surface area (Å²) >= 11 is 3.29.